The fourth-order valence-corrected chi connectivity index (χ4v) is 3.87. The molecule has 3 nitrogen and oxygen atoms in total. The smallest absolute Gasteiger partial charge is 0.336 e. The van der Waals surface area contributed by atoms with Crippen molar-refractivity contribution < 1.29 is 18.0 Å². The molecule has 0 aromatic heterocycles. The van der Waals surface area contributed by atoms with Gasteiger partial charge in [0.2, 0.25) is 0 Å². The second kappa shape index (κ2) is 7.87. The molecule has 0 N–H and O–H groups in total. The minimum Gasteiger partial charge on any atom is -0.336 e. The number of benzene rings is 3. The number of alkyl halides is 3. The van der Waals surface area contributed by atoms with Crippen molar-refractivity contribution in [2.45, 2.75) is 12.7 Å². The molecule has 0 spiro atoms. The monoisotopic (exact) mass is 398 g/mol. The Hall–Kier alpha value is -2.86. The molecule has 0 bridgehead atoms. The zero-order chi connectivity index (χ0) is 20.4. The fourth-order valence-electron chi connectivity index (χ4n) is 3.87. The van der Waals surface area contributed by atoms with E-state index < -0.39 is 11.7 Å². The van der Waals surface area contributed by atoms with Crippen molar-refractivity contribution in [3.8, 4) is 0 Å². The zero-order valence-corrected chi connectivity index (χ0v) is 15.8. The van der Waals surface area contributed by atoms with Crippen molar-refractivity contribution in [2.24, 2.45) is 0 Å². The summed E-state index contributed by atoms with van der Waals surface area (Å²) in [5.74, 6) is -0.0304. The number of halogens is 3. The summed E-state index contributed by atoms with van der Waals surface area (Å²) in [5.41, 5.74) is 0.349. The van der Waals surface area contributed by atoms with Gasteiger partial charge in [-0.05, 0) is 28.5 Å². The van der Waals surface area contributed by atoms with Crippen molar-refractivity contribution in [1.29, 1.82) is 0 Å². The summed E-state index contributed by atoms with van der Waals surface area (Å²) in [5, 5.41) is 1.93. The van der Waals surface area contributed by atoms with E-state index in [0.717, 1.165) is 16.8 Å². The Morgan fingerprint density at radius 1 is 0.828 bits per heavy atom. The highest BCUT2D eigenvalue weighted by molar-refractivity contribution is 6.07. The highest BCUT2D eigenvalue weighted by Gasteiger charge is 2.33. The van der Waals surface area contributed by atoms with Crippen LogP contribution in [0.2, 0.25) is 0 Å². The number of fused-ring (bicyclic) bond motifs is 1. The number of amides is 1. The van der Waals surface area contributed by atoms with Gasteiger partial charge < -0.3 is 4.90 Å². The fraction of sp³-hybridized carbons (Fsp3) is 0.261. The molecule has 0 atom stereocenters. The topological polar surface area (TPSA) is 23.6 Å². The first-order valence-electron chi connectivity index (χ1n) is 9.58. The molecule has 1 aliphatic rings. The van der Waals surface area contributed by atoms with Crippen LogP contribution in [0, 0.1) is 0 Å². The Bertz CT molecular complexity index is 1020. The molecule has 29 heavy (non-hydrogen) atoms. The molecule has 0 radical (unpaired) electrons. The third-order valence-electron chi connectivity index (χ3n) is 5.40. The largest absolute Gasteiger partial charge is 0.416 e. The lowest BCUT2D eigenvalue weighted by Crippen LogP contribution is -2.48. The second-order valence-corrected chi connectivity index (χ2v) is 7.25. The Morgan fingerprint density at radius 2 is 1.48 bits per heavy atom. The number of rotatable bonds is 3. The average Bonchev–Trinajstić information content (AvgIpc) is 2.73. The van der Waals surface area contributed by atoms with Crippen LogP contribution in [0.15, 0.2) is 66.7 Å². The maximum atomic E-state index is 13.2. The molecule has 6 heteroatoms. The molecule has 3 aromatic rings. The van der Waals surface area contributed by atoms with Crippen molar-refractivity contribution in [3.05, 3.63) is 83.4 Å². The van der Waals surface area contributed by atoms with Crippen LogP contribution in [0.4, 0.5) is 13.2 Å². The minimum absolute atomic E-state index is 0.0304. The highest BCUT2D eigenvalue weighted by Crippen LogP contribution is 2.32. The first-order chi connectivity index (χ1) is 13.9. The summed E-state index contributed by atoms with van der Waals surface area (Å²) in [6.07, 6.45) is -4.36. The third kappa shape index (κ3) is 4.12. The minimum atomic E-state index is -4.36. The van der Waals surface area contributed by atoms with Crippen LogP contribution in [-0.4, -0.2) is 41.9 Å². The maximum Gasteiger partial charge on any atom is 0.416 e. The van der Waals surface area contributed by atoms with Crippen molar-refractivity contribution in [3.63, 3.8) is 0 Å². The van der Waals surface area contributed by atoms with Gasteiger partial charge in [-0.2, -0.15) is 13.2 Å². The van der Waals surface area contributed by atoms with Crippen LogP contribution >= 0.6 is 0 Å². The molecule has 3 aromatic carbocycles. The number of carbonyl (C=O) groups is 1. The van der Waals surface area contributed by atoms with Gasteiger partial charge in [0.05, 0.1) is 5.56 Å². The van der Waals surface area contributed by atoms with Gasteiger partial charge in [0.1, 0.15) is 0 Å². The van der Waals surface area contributed by atoms with Gasteiger partial charge >= 0.3 is 6.18 Å². The van der Waals surface area contributed by atoms with E-state index in [1.54, 1.807) is 11.0 Å². The molecule has 1 amide bonds. The number of piperazine rings is 1. The number of hydrogen-bond donors (Lipinski definition) is 0. The first-order valence-corrected chi connectivity index (χ1v) is 9.58. The van der Waals surface area contributed by atoms with E-state index in [-0.39, 0.29) is 18.0 Å². The van der Waals surface area contributed by atoms with E-state index in [1.807, 2.05) is 47.4 Å². The summed E-state index contributed by atoms with van der Waals surface area (Å²) in [6.45, 7) is 2.31. The predicted octanol–water partition coefficient (Wildman–Crippen LogP) is 4.82. The average molecular weight is 398 g/mol. The van der Waals surface area contributed by atoms with Gasteiger partial charge in [-0.15, -0.1) is 0 Å². The normalized spacial score (nSPS) is 15.6. The lowest BCUT2D eigenvalue weighted by molar-refractivity contribution is -0.138. The highest BCUT2D eigenvalue weighted by atomic mass is 19.4. The summed E-state index contributed by atoms with van der Waals surface area (Å²) in [7, 11) is 0. The van der Waals surface area contributed by atoms with Gasteiger partial charge in [-0.1, -0.05) is 54.6 Å². The van der Waals surface area contributed by atoms with E-state index in [4.69, 9.17) is 0 Å². The van der Waals surface area contributed by atoms with E-state index in [0.29, 0.717) is 31.7 Å². The molecule has 0 aliphatic carbocycles. The van der Waals surface area contributed by atoms with Gasteiger partial charge in [-0.25, -0.2) is 0 Å². The molecular weight excluding hydrogens is 377 g/mol. The summed E-state index contributed by atoms with van der Waals surface area (Å²) in [6, 6.07) is 19.1. The van der Waals surface area contributed by atoms with Crippen molar-refractivity contribution in [1.82, 2.24) is 9.80 Å². The van der Waals surface area contributed by atoms with Crippen LogP contribution in [0.25, 0.3) is 10.8 Å². The molecule has 1 aliphatic heterocycles. The number of carbonyl (C=O) groups excluding carboxylic acids is 1. The lowest BCUT2D eigenvalue weighted by Gasteiger charge is -2.35. The molecule has 4 rings (SSSR count). The van der Waals surface area contributed by atoms with Gasteiger partial charge in [-0.3, -0.25) is 9.69 Å². The van der Waals surface area contributed by atoms with Crippen molar-refractivity contribution >= 4 is 16.7 Å². The number of nitrogens with zero attached hydrogens (tertiary/aromatic N) is 2. The predicted molar refractivity (Wildman–Crippen MR) is 107 cm³/mol. The summed E-state index contributed by atoms with van der Waals surface area (Å²) >= 11 is 0. The van der Waals surface area contributed by atoms with Crippen LogP contribution in [-0.2, 0) is 12.7 Å². The van der Waals surface area contributed by atoms with E-state index >= 15 is 0 Å². The first kappa shape index (κ1) is 19.5. The van der Waals surface area contributed by atoms with E-state index in [1.165, 1.54) is 12.1 Å². The number of hydrogen-bond acceptors (Lipinski definition) is 2. The lowest BCUT2D eigenvalue weighted by atomic mass is 10.0. The van der Waals surface area contributed by atoms with Crippen molar-refractivity contribution in [2.75, 3.05) is 26.2 Å². The molecular formula is C23H21F3N2O. The SMILES string of the molecule is O=C(c1cccc2ccccc12)N1CCN(Cc2ccccc2C(F)(F)F)CC1. The second-order valence-electron chi connectivity index (χ2n) is 7.25. The summed E-state index contributed by atoms with van der Waals surface area (Å²) in [4.78, 5) is 16.8. The van der Waals surface area contributed by atoms with Crippen LogP contribution in [0.1, 0.15) is 21.5 Å². The quantitative estimate of drug-likeness (QED) is 0.632. The molecule has 1 fully saturated rings. The van der Waals surface area contributed by atoms with Gasteiger partial charge in [0.15, 0.2) is 0 Å². The zero-order valence-electron chi connectivity index (χ0n) is 15.8. The maximum absolute atomic E-state index is 13.2. The Morgan fingerprint density at radius 3 is 2.24 bits per heavy atom. The standard InChI is InChI=1S/C23H21F3N2O/c24-23(25,26)21-11-4-2-7-18(21)16-27-12-14-28(15-13-27)22(29)20-10-5-8-17-6-1-3-9-19(17)20/h1-11H,12-16H2. The molecule has 0 saturated carbocycles. The van der Waals surface area contributed by atoms with Crippen LogP contribution < -0.4 is 0 Å². The Balaban J connectivity index is 1.44. The molecule has 1 heterocycles. The van der Waals surface area contributed by atoms with Crippen LogP contribution in [0.5, 0.6) is 0 Å². The van der Waals surface area contributed by atoms with E-state index in [2.05, 4.69) is 0 Å². The summed E-state index contributed by atoms with van der Waals surface area (Å²) < 4.78 is 39.6. The Kier molecular flexibility index (Phi) is 5.28. The molecule has 150 valence electrons. The molecule has 0 unspecified atom stereocenters. The third-order valence-corrected chi connectivity index (χ3v) is 5.40. The van der Waals surface area contributed by atoms with Crippen LogP contribution in [0.3, 0.4) is 0 Å². The molecule has 1 saturated heterocycles. The van der Waals surface area contributed by atoms with Gasteiger partial charge in [0.25, 0.3) is 5.91 Å². The van der Waals surface area contributed by atoms with E-state index in [9.17, 15) is 18.0 Å². The van der Waals surface area contributed by atoms with Gasteiger partial charge in [0, 0.05) is 38.3 Å². The Labute approximate surface area is 167 Å².